The van der Waals surface area contributed by atoms with E-state index in [4.69, 9.17) is 10.9 Å². The largest absolute Gasteiger partial charge is 0.364 e. The molecule has 0 aliphatic rings. The summed E-state index contributed by atoms with van der Waals surface area (Å²) in [5.41, 5.74) is 6.02. The molecule has 0 aliphatic heterocycles. The van der Waals surface area contributed by atoms with E-state index in [2.05, 4.69) is 10.2 Å². The minimum absolute atomic E-state index is 0.0370. The average molecular weight is 300 g/mol. The van der Waals surface area contributed by atoms with Crippen molar-refractivity contribution in [1.29, 1.82) is 0 Å². The lowest BCUT2D eigenvalue weighted by molar-refractivity contribution is 0.0991. The second kappa shape index (κ2) is 5.84. The molecule has 2 heterocycles. The van der Waals surface area contributed by atoms with Crippen LogP contribution in [-0.2, 0) is 24.1 Å². The number of sulfonamides is 1. The highest BCUT2D eigenvalue weighted by molar-refractivity contribution is 7.89. The Kier molecular flexibility index (Phi) is 4.63. The van der Waals surface area contributed by atoms with Crippen LogP contribution in [0.15, 0.2) is 23.4 Å². The van der Waals surface area contributed by atoms with Gasteiger partial charge in [-0.25, -0.2) is 13.6 Å². The van der Waals surface area contributed by atoms with Crippen LogP contribution in [0.4, 0.5) is 0 Å². The van der Waals surface area contributed by atoms with Crippen molar-refractivity contribution in [3.8, 4) is 0 Å². The van der Waals surface area contributed by atoms with E-state index in [1.807, 2.05) is 0 Å². The van der Waals surface area contributed by atoms with Gasteiger partial charge in [-0.1, -0.05) is 0 Å². The molecule has 10 heteroatoms. The van der Waals surface area contributed by atoms with Crippen molar-refractivity contribution in [1.82, 2.24) is 19.6 Å². The van der Waals surface area contributed by atoms with E-state index < -0.39 is 15.9 Å². The normalized spacial score (nSPS) is 10.8. The lowest BCUT2D eigenvalue weighted by atomic mass is 10.4. The summed E-state index contributed by atoms with van der Waals surface area (Å²) in [5.74, 6) is -0.449. The number of aromatic nitrogens is 4. The molecule has 0 atom stereocenters. The molecule has 2 aromatic heterocycles. The molecule has 9 nitrogen and oxygen atoms in total. The number of carbonyl (C=O) groups is 1. The average Bonchev–Trinajstić information content (AvgIpc) is 2.84. The number of nitrogens with two attached hydrogens (primary N) is 2. The topological polar surface area (TPSA) is 139 Å². The van der Waals surface area contributed by atoms with Crippen LogP contribution in [0.25, 0.3) is 0 Å². The van der Waals surface area contributed by atoms with Gasteiger partial charge in [-0.15, -0.1) is 0 Å². The fraction of sp³-hybridized carbons (Fsp3) is 0.300. The molecule has 0 aromatic carbocycles. The van der Waals surface area contributed by atoms with Gasteiger partial charge in [0, 0.05) is 20.3 Å². The maximum atomic E-state index is 10.8. The third-order valence-electron chi connectivity index (χ3n) is 2.32. The van der Waals surface area contributed by atoms with Gasteiger partial charge in [0.25, 0.3) is 15.9 Å². The highest BCUT2D eigenvalue weighted by Gasteiger charge is 2.13. The van der Waals surface area contributed by atoms with E-state index in [-0.39, 0.29) is 5.03 Å². The Morgan fingerprint density at radius 3 is 2.10 bits per heavy atom. The van der Waals surface area contributed by atoms with Gasteiger partial charge in [0.05, 0.1) is 5.69 Å². The van der Waals surface area contributed by atoms with Gasteiger partial charge < -0.3 is 5.73 Å². The van der Waals surface area contributed by atoms with Gasteiger partial charge in [0.15, 0.2) is 5.03 Å². The van der Waals surface area contributed by atoms with Crippen molar-refractivity contribution < 1.29 is 13.2 Å². The van der Waals surface area contributed by atoms with Gasteiger partial charge in [-0.2, -0.15) is 10.2 Å². The second-order valence-electron chi connectivity index (χ2n) is 4.00. The van der Waals surface area contributed by atoms with E-state index in [0.717, 1.165) is 0 Å². The van der Waals surface area contributed by atoms with Crippen LogP contribution in [0.1, 0.15) is 16.2 Å². The molecule has 0 fully saturated rings. The van der Waals surface area contributed by atoms with Crippen LogP contribution in [0.5, 0.6) is 0 Å². The molecule has 0 unspecified atom stereocenters. The standard InChI is InChI=1S/C5H9N3O2S.C5H7N3O/c1-4-3-5(8(2)7-4)11(6,9)10;1-8-4(5(6)9)2-3-7-8/h3H,1-2H3,(H2,6,9,10);2-3H,1H3,(H2,6,9). The van der Waals surface area contributed by atoms with E-state index in [1.165, 1.54) is 28.7 Å². The number of hydrogen-bond acceptors (Lipinski definition) is 5. The van der Waals surface area contributed by atoms with Crippen LogP contribution in [0, 0.1) is 6.92 Å². The van der Waals surface area contributed by atoms with E-state index in [1.54, 1.807) is 20.0 Å². The van der Waals surface area contributed by atoms with Gasteiger partial charge >= 0.3 is 0 Å². The lowest BCUT2D eigenvalue weighted by Crippen LogP contribution is -2.16. The van der Waals surface area contributed by atoms with E-state index >= 15 is 0 Å². The summed E-state index contributed by atoms with van der Waals surface area (Å²) >= 11 is 0. The van der Waals surface area contributed by atoms with Crippen LogP contribution < -0.4 is 10.9 Å². The summed E-state index contributed by atoms with van der Waals surface area (Å²) in [6.45, 7) is 1.70. The van der Waals surface area contributed by atoms with Crippen LogP contribution in [-0.4, -0.2) is 33.9 Å². The zero-order chi connectivity index (χ0) is 15.5. The summed E-state index contributed by atoms with van der Waals surface area (Å²) in [4.78, 5) is 10.4. The number of nitrogens with zero attached hydrogens (tertiary/aromatic N) is 4. The third kappa shape index (κ3) is 3.90. The van der Waals surface area contributed by atoms with Crippen molar-refractivity contribution in [2.24, 2.45) is 25.0 Å². The number of amides is 1. The minimum atomic E-state index is -3.61. The zero-order valence-corrected chi connectivity index (χ0v) is 12.1. The molecule has 20 heavy (non-hydrogen) atoms. The van der Waals surface area contributed by atoms with Crippen molar-refractivity contribution in [2.75, 3.05) is 0 Å². The number of primary sulfonamides is 1. The van der Waals surface area contributed by atoms with Crippen LogP contribution >= 0.6 is 0 Å². The Hall–Kier alpha value is -2.20. The van der Waals surface area contributed by atoms with Gasteiger partial charge in [0.2, 0.25) is 0 Å². The molecule has 4 N–H and O–H groups in total. The van der Waals surface area contributed by atoms with Gasteiger partial charge in [-0.05, 0) is 19.1 Å². The summed E-state index contributed by atoms with van der Waals surface area (Å²) in [6.07, 6.45) is 1.53. The maximum absolute atomic E-state index is 10.8. The molecule has 2 aromatic rings. The number of rotatable bonds is 2. The van der Waals surface area contributed by atoms with Crippen molar-refractivity contribution in [2.45, 2.75) is 11.9 Å². The number of primary amides is 1. The molecule has 0 bridgehead atoms. The predicted octanol–water partition coefficient (Wildman–Crippen LogP) is -1.11. The highest BCUT2D eigenvalue weighted by atomic mass is 32.2. The van der Waals surface area contributed by atoms with Crippen LogP contribution in [0.2, 0.25) is 0 Å². The molecular formula is C10H16N6O3S. The second-order valence-corrected chi connectivity index (χ2v) is 5.51. The third-order valence-corrected chi connectivity index (χ3v) is 3.29. The number of aryl methyl sites for hydroxylation is 3. The smallest absolute Gasteiger partial charge is 0.266 e. The number of hydrogen-bond donors (Lipinski definition) is 2. The monoisotopic (exact) mass is 300 g/mol. The molecule has 0 aliphatic carbocycles. The van der Waals surface area contributed by atoms with Crippen molar-refractivity contribution in [3.05, 3.63) is 29.7 Å². The van der Waals surface area contributed by atoms with Crippen molar-refractivity contribution in [3.63, 3.8) is 0 Å². The molecule has 0 saturated heterocycles. The highest BCUT2D eigenvalue weighted by Crippen LogP contribution is 2.06. The Morgan fingerprint density at radius 1 is 1.30 bits per heavy atom. The molecule has 2 rings (SSSR count). The molecule has 0 radical (unpaired) electrons. The summed E-state index contributed by atoms with van der Waals surface area (Å²) in [7, 11) is -0.411. The first-order valence-corrected chi connectivity index (χ1v) is 6.99. The SMILES string of the molecule is Cc1cc(S(N)(=O)=O)n(C)n1.Cn1nccc1C(N)=O. The fourth-order valence-electron chi connectivity index (χ4n) is 1.47. The van der Waals surface area contributed by atoms with E-state index in [9.17, 15) is 13.2 Å². The number of carbonyl (C=O) groups excluding carboxylic acids is 1. The van der Waals surface area contributed by atoms with Gasteiger partial charge in [0.1, 0.15) is 5.69 Å². The molecule has 110 valence electrons. The quantitative estimate of drug-likeness (QED) is 0.724. The maximum Gasteiger partial charge on any atom is 0.266 e. The fourth-order valence-corrected chi connectivity index (χ4v) is 2.21. The predicted molar refractivity (Wildman–Crippen MR) is 71.0 cm³/mol. The van der Waals surface area contributed by atoms with Crippen molar-refractivity contribution >= 4 is 15.9 Å². The summed E-state index contributed by atoms with van der Waals surface area (Å²) in [6, 6.07) is 3.00. The molecule has 0 saturated carbocycles. The molecular weight excluding hydrogens is 284 g/mol. The Morgan fingerprint density at radius 2 is 1.90 bits per heavy atom. The zero-order valence-electron chi connectivity index (χ0n) is 11.3. The Labute approximate surface area is 116 Å². The lowest BCUT2D eigenvalue weighted by Gasteiger charge is -1.95. The Bertz CT molecular complexity index is 715. The summed E-state index contributed by atoms with van der Waals surface area (Å²) < 4.78 is 24.2. The molecule has 0 spiro atoms. The first kappa shape index (κ1) is 15.9. The molecule has 1 amide bonds. The summed E-state index contributed by atoms with van der Waals surface area (Å²) in [5, 5.41) is 12.5. The van der Waals surface area contributed by atoms with Crippen LogP contribution in [0.3, 0.4) is 0 Å². The van der Waals surface area contributed by atoms with Gasteiger partial charge in [-0.3, -0.25) is 14.2 Å². The first-order valence-electron chi connectivity index (χ1n) is 5.44. The minimum Gasteiger partial charge on any atom is -0.364 e. The van der Waals surface area contributed by atoms with E-state index in [0.29, 0.717) is 11.4 Å². The first-order chi connectivity index (χ1) is 9.12. The Balaban J connectivity index is 0.000000204.